The van der Waals surface area contributed by atoms with Crippen LogP contribution in [-0.4, -0.2) is 43.2 Å². The molecule has 1 unspecified atom stereocenters. The van der Waals surface area contributed by atoms with Crippen molar-refractivity contribution in [3.05, 3.63) is 0 Å². The molecule has 1 amide bonds. The third-order valence-corrected chi connectivity index (χ3v) is 3.02. The van der Waals surface area contributed by atoms with E-state index in [9.17, 15) is 4.79 Å². The van der Waals surface area contributed by atoms with E-state index >= 15 is 0 Å². The van der Waals surface area contributed by atoms with E-state index < -0.39 is 0 Å². The van der Waals surface area contributed by atoms with E-state index in [-0.39, 0.29) is 24.4 Å². The van der Waals surface area contributed by atoms with Gasteiger partial charge in [0.15, 0.2) is 0 Å². The minimum absolute atomic E-state index is 0. The van der Waals surface area contributed by atoms with Gasteiger partial charge in [-0.2, -0.15) is 0 Å². The number of piperidine rings is 1. The Bertz CT molecular complexity index is 206. The number of carbonyl (C=O) groups excluding carboxylic acids is 1. The monoisotopic (exact) mass is 250 g/mol. The molecule has 0 aromatic rings. The van der Waals surface area contributed by atoms with Crippen molar-refractivity contribution >= 4 is 18.3 Å². The Morgan fingerprint density at radius 3 is 2.50 bits per heavy atom. The number of ether oxygens (including phenoxy) is 1. The van der Waals surface area contributed by atoms with Gasteiger partial charge in [0.05, 0.1) is 0 Å². The molecular weight excluding hydrogens is 228 g/mol. The summed E-state index contributed by atoms with van der Waals surface area (Å²) in [6.45, 7) is 6.72. The molecule has 1 atom stereocenters. The fourth-order valence-electron chi connectivity index (χ4n) is 1.97. The van der Waals surface area contributed by atoms with Crippen LogP contribution in [0.3, 0.4) is 0 Å². The molecule has 0 saturated carbocycles. The maximum absolute atomic E-state index is 11.9. The van der Waals surface area contributed by atoms with Crippen LogP contribution in [0.15, 0.2) is 0 Å². The number of likely N-dealkylation sites (tertiary alicyclic amines) is 1. The van der Waals surface area contributed by atoms with Crippen LogP contribution in [0, 0.1) is 5.92 Å². The van der Waals surface area contributed by atoms with Crippen molar-refractivity contribution in [2.75, 3.05) is 26.2 Å². The zero-order valence-corrected chi connectivity index (χ0v) is 11.0. The highest BCUT2D eigenvalue weighted by molar-refractivity contribution is 5.85. The van der Waals surface area contributed by atoms with Crippen LogP contribution in [0.5, 0.6) is 0 Å². The predicted octanol–water partition coefficient (Wildman–Crippen LogP) is 1.03. The molecule has 0 aliphatic carbocycles. The van der Waals surface area contributed by atoms with Gasteiger partial charge in [-0.1, -0.05) is 0 Å². The van der Waals surface area contributed by atoms with E-state index in [1.54, 1.807) is 0 Å². The minimum Gasteiger partial charge on any atom is -0.369 e. The molecule has 0 bridgehead atoms. The second kappa shape index (κ2) is 7.87. The van der Waals surface area contributed by atoms with Gasteiger partial charge in [-0.25, -0.2) is 0 Å². The first-order valence-electron chi connectivity index (χ1n) is 5.79. The lowest BCUT2D eigenvalue weighted by atomic mass is 9.97. The van der Waals surface area contributed by atoms with E-state index in [1.165, 1.54) is 0 Å². The van der Waals surface area contributed by atoms with Crippen molar-refractivity contribution in [2.24, 2.45) is 11.7 Å². The van der Waals surface area contributed by atoms with Gasteiger partial charge in [0.1, 0.15) is 6.10 Å². The SMILES string of the molecule is CCOC(C)C(=O)N1CCC(CN)CC1.Cl. The fourth-order valence-corrected chi connectivity index (χ4v) is 1.97. The highest BCUT2D eigenvalue weighted by Gasteiger charge is 2.25. The van der Waals surface area contributed by atoms with Crippen molar-refractivity contribution in [3.63, 3.8) is 0 Å². The number of hydrogen-bond acceptors (Lipinski definition) is 3. The Hall–Kier alpha value is -0.320. The number of hydrogen-bond donors (Lipinski definition) is 1. The average Bonchev–Trinajstić information content (AvgIpc) is 2.28. The molecule has 16 heavy (non-hydrogen) atoms. The van der Waals surface area contributed by atoms with Gasteiger partial charge in [0.2, 0.25) is 0 Å². The lowest BCUT2D eigenvalue weighted by molar-refractivity contribution is -0.143. The van der Waals surface area contributed by atoms with Gasteiger partial charge in [-0.05, 0) is 39.2 Å². The van der Waals surface area contributed by atoms with Crippen LogP contribution in [0.2, 0.25) is 0 Å². The fraction of sp³-hybridized carbons (Fsp3) is 0.909. The van der Waals surface area contributed by atoms with E-state index in [4.69, 9.17) is 10.5 Å². The molecule has 1 rings (SSSR count). The summed E-state index contributed by atoms with van der Waals surface area (Å²) in [5.74, 6) is 0.712. The van der Waals surface area contributed by atoms with Gasteiger partial charge in [0.25, 0.3) is 5.91 Å². The van der Waals surface area contributed by atoms with E-state index in [2.05, 4.69) is 0 Å². The number of amides is 1. The molecule has 1 aliphatic rings. The summed E-state index contributed by atoms with van der Waals surface area (Å²) in [6.07, 6.45) is 1.76. The number of halogens is 1. The molecule has 96 valence electrons. The van der Waals surface area contributed by atoms with Crippen molar-refractivity contribution in [1.29, 1.82) is 0 Å². The molecule has 2 N–H and O–H groups in total. The molecule has 1 fully saturated rings. The van der Waals surface area contributed by atoms with Crippen LogP contribution in [0.25, 0.3) is 0 Å². The van der Waals surface area contributed by atoms with Gasteiger partial charge < -0.3 is 15.4 Å². The minimum atomic E-state index is -0.301. The standard InChI is InChI=1S/C11H22N2O2.ClH/c1-3-15-9(2)11(14)13-6-4-10(8-12)5-7-13;/h9-10H,3-8,12H2,1-2H3;1H. The molecule has 4 nitrogen and oxygen atoms in total. The smallest absolute Gasteiger partial charge is 0.251 e. The summed E-state index contributed by atoms with van der Waals surface area (Å²) in [5, 5.41) is 0. The third-order valence-electron chi connectivity index (χ3n) is 3.02. The van der Waals surface area contributed by atoms with E-state index in [1.807, 2.05) is 18.7 Å². The highest BCUT2D eigenvalue weighted by atomic mass is 35.5. The summed E-state index contributed by atoms with van der Waals surface area (Å²) in [6, 6.07) is 0. The Morgan fingerprint density at radius 1 is 1.50 bits per heavy atom. The van der Waals surface area contributed by atoms with E-state index in [0.29, 0.717) is 12.5 Å². The van der Waals surface area contributed by atoms with E-state index in [0.717, 1.165) is 32.5 Å². The van der Waals surface area contributed by atoms with Gasteiger partial charge in [-0.3, -0.25) is 4.79 Å². The Labute approximate surface area is 104 Å². The molecule has 0 aromatic carbocycles. The zero-order valence-electron chi connectivity index (χ0n) is 10.1. The molecule has 1 heterocycles. The molecule has 1 aliphatic heterocycles. The largest absolute Gasteiger partial charge is 0.369 e. The number of carbonyl (C=O) groups is 1. The molecule has 5 heteroatoms. The average molecular weight is 251 g/mol. The first kappa shape index (κ1) is 15.7. The van der Waals surface area contributed by atoms with Crippen molar-refractivity contribution in [2.45, 2.75) is 32.8 Å². The summed E-state index contributed by atoms with van der Waals surface area (Å²) in [4.78, 5) is 13.7. The molecule has 0 radical (unpaired) electrons. The second-order valence-corrected chi connectivity index (χ2v) is 4.10. The third kappa shape index (κ3) is 4.28. The highest BCUT2D eigenvalue weighted by Crippen LogP contribution is 2.16. The van der Waals surface area contributed by atoms with Crippen molar-refractivity contribution in [3.8, 4) is 0 Å². The Morgan fingerprint density at radius 2 is 2.06 bits per heavy atom. The molecular formula is C11H23ClN2O2. The maximum atomic E-state index is 11.9. The number of nitrogens with zero attached hydrogens (tertiary/aromatic N) is 1. The van der Waals surface area contributed by atoms with Crippen molar-refractivity contribution in [1.82, 2.24) is 4.90 Å². The summed E-state index contributed by atoms with van der Waals surface area (Å²) in [5.41, 5.74) is 5.60. The summed E-state index contributed by atoms with van der Waals surface area (Å²) < 4.78 is 5.29. The van der Waals surface area contributed by atoms with Crippen LogP contribution in [0.4, 0.5) is 0 Å². The topological polar surface area (TPSA) is 55.6 Å². The van der Waals surface area contributed by atoms with Gasteiger partial charge in [0, 0.05) is 19.7 Å². The lowest BCUT2D eigenvalue weighted by Crippen LogP contribution is -2.44. The molecule has 0 aromatic heterocycles. The number of rotatable bonds is 4. The van der Waals surface area contributed by atoms with Crippen LogP contribution in [0.1, 0.15) is 26.7 Å². The first-order valence-corrected chi connectivity index (χ1v) is 5.79. The Balaban J connectivity index is 0.00000225. The quantitative estimate of drug-likeness (QED) is 0.811. The van der Waals surface area contributed by atoms with Crippen LogP contribution >= 0.6 is 12.4 Å². The summed E-state index contributed by atoms with van der Waals surface area (Å²) >= 11 is 0. The van der Waals surface area contributed by atoms with Crippen molar-refractivity contribution < 1.29 is 9.53 Å². The van der Waals surface area contributed by atoms with Crippen LogP contribution < -0.4 is 5.73 Å². The maximum Gasteiger partial charge on any atom is 0.251 e. The zero-order chi connectivity index (χ0) is 11.3. The van der Waals surface area contributed by atoms with Gasteiger partial charge in [-0.15, -0.1) is 12.4 Å². The normalized spacial score (nSPS) is 19.1. The first-order chi connectivity index (χ1) is 7.19. The lowest BCUT2D eigenvalue weighted by Gasteiger charge is -2.32. The molecule has 0 spiro atoms. The Kier molecular flexibility index (Phi) is 7.72. The predicted molar refractivity (Wildman–Crippen MR) is 66.7 cm³/mol. The second-order valence-electron chi connectivity index (χ2n) is 4.10. The number of nitrogens with two attached hydrogens (primary N) is 1. The van der Waals surface area contributed by atoms with Crippen LogP contribution in [-0.2, 0) is 9.53 Å². The molecule has 1 saturated heterocycles. The summed E-state index contributed by atoms with van der Waals surface area (Å²) in [7, 11) is 0. The van der Waals surface area contributed by atoms with Gasteiger partial charge >= 0.3 is 0 Å².